The van der Waals surface area contributed by atoms with Crippen molar-refractivity contribution in [2.45, 2.75) is 0 Å². The van der Waals surface area contributed by atoms with Crippen molar-refractivity contribution >= 4 is 46.5 Å². The van der Waals surface area contributed by atoms with Crippen LogP contribution in [0.1, 0.15) is 17.1 Å². The van der Waals surface area contributed by atoms with Crippen LogP contribution in [0.5, 0.6) is 17.2 Å². The van der Waals surface area contributed by atoms with Crippen LogP contribution in [0.4, 0.5) is 5.95 Å². The quantitative estimate of drug-likeness (QED) is 0.225. The van der Waals surface area contributed by atoms with Crippen molar-refractivity contribution in [3.05, 3.63) is 59.5 Å². The van der Waals surface area contributed by atoms with Gasteiger partial charge in [0.2, 0.25) is 5.90 Å². The van der Waals surface area contributed by atoms with Gasteiger partial charge in [0.1, 0.15) is 5.52 Å². The Bertz CT molecular complexity index is 1710. The molecular weight excluding hydrogens is 499 g/mol. The molecule has 0 saturated carbocycles. The topological polar surface area (TPSA) is 178 Å². The zero-order valence-corrected chi connectivity index (χ0v) is 18.5. The number of aromatic hydroxyl groups is 3. The van der Waals surface area contributed by atoms with E-state index in [2.05, 4.69) is 35.1 Å². The molecule has 0 spiro atoms. The number of fused-ring (bicyclic) bond motifs is 8. The van der Waals surface area contributed by atoms with Crippen molar-refractivity contribution < 1.29 is 37.2 Å². The molecule has 175 valence electrons. The molecule has 3 aromatic heterocycles. The van der Waals surface area contributed by atoms with Crippen LogP contribution in [-0.2, 0) is 16.8 Å². The molecule has 2 aliphatic heterocycles. The number of H-pyrrole nitrogens is 1. The Morgan fingerprint density at radius 1 is 0.771 bits per heavy atom. The van der Waals surface area contributed by atoms with Gasteiger partial charge in [-0.3, -0.25) is 4.57 Å². The Labute approximate surface area is 205 Å². The van der Waals surface area contributed by atoms with Crippen LogP contribution in [0.25, 0.3) is 40.3 Å². The van der Waals surface area contributed by atoms with Gasteiger partial charge in [-0.25, -0.2) is 9.97 Å². The number of rotatable bonds is 1. The van der Waals surface area contributed by atoms with Crippen molar-refractivity contribution in [2.24, 2.45) is 4.99 Å². The second-order valence-corrected chi connectivity index (χ2v) is 7.38. The summed E-state index contributed by atoms with van der Waals surface area (Å²) in [5, 5.41) is 50.0. The van der Waals surface area contributed by atoms with E-state index in [0.29, 0.717) is 17.0 Å². The van der Waals surface area contributed by atoms with Crippen molar-refractivity contribution in [1.29, 1.82) is 0 Å². The van der Waals surface area contributed by atoms with Crippen molar-refractivity contribution in [3.8, 4) is 22.9 Å². The first-order valence-corrected chi connectivity index (χ1v) is 9.98. The number of aromatic amines is 1. The number of hydrogen-bond acceptors (Lipinski definition) is 9. The normalized spacial score (nSPS) is 12.3. The van der Waals surface area contributed by atoms with Crippen LogP contribution < -0.4 is 0 Å². The first-order valence-electron chi connectivity index (χ1n) is 9.98. The number of nitrogens with one attached hydrogen (secondary N) is 1. The standard InChI is InChI=1S/C22H14N8O4.Co/c31-17-13-8-10-6-7-11(23-10)9-14-28-29-22(30(14)12-4-2-1-3-5-12)27-21-25-16(20(34)26-21)18(32)15(24-13)19(17)33;/h1-9,24,31-33H,(H,25,26,27,29,34);. The monoisotopic (exact) mass is 513 g/mol. The molecule has 6 rings (SSSR count). The van der Waals surface area contributed by atoms with E-state index in [1.54, 1.807) is 22.8 Å². The van der Waals surface area contributed by atoms with E-state index >= 15 is 0 Å². The number of aromatic nitrogens is 7. The second kappa shape index (κ2) is 8.23. The van der Waals surface area contributed by atoms with E-state index in [1.807, 2.05) is 30.3 Å². The van der Waals surface area contributed by atoms with Crippen LogP contribution in [0.2, 0.25) is 0 Å². The Hall–Kier alpha value is -4.75. The number of nitrogens with zero attached hydrogens (tertiary/aromatic N) is 7. The summed E-state index contributed by atoms with van der Waals surface area (Å²) in [6.07, 6.45) is 3.46. The van der Waals surface area contributed by atoms with Gasteiger partial charge in [0.15, 0.2) is 28.6 Å². The van der Waals surface area contributed by atoms with Gasteiger partial charge in [0.05, 0.1) is 22.6 Å². The van der Waals surface area contributed by atoms with Gasteiger partial charge in [-0.1, -0.05) is 18.2 Å². The fourth-order valence-electron chi connectivity index (χ4n) is 3.63. The van der Waals surface area contributed by atoms with Gasteiger partial charge in [0, 0.05) is 22.8 Å². The first kappa shape index (κ1) is 22.1. The third-order valence-electron chi connectivity index (χ3n) is 5.20. The molecule has 1 aromatic carbocycles. The van der Waals surface area contributed by atoms with E-state index in [9.17, 15) is 20.4 Å². The van der Waals surface area contributed by atoms with Crippen LogP contribution in [0.3, 0.4) is 0 Å². The Morgan fingerprint density at radius 2 is 1.51 bits per heavy atom. The summed E-state index contributed by atoms with van der Waals surface area (Å²) >= 11 is 0. The van der Waals surface area contributed by atoms with Crippen molar-refractivity contribution in [2.75, 3.05) is 0 Å². The predicted octanol–water partition coefficient (Wildman–Crippen LogP) is 2.88. The Balaban J connectivity index is 0.00000253. The number of aliphatic imine (C=N–C) groups is 1. The summed E-state index contributed by atoms with van der Waals surface area (Å²) < 4.78 is 1.66. The van der Waals surface area contributed by atoms with Gasteiger partial charge < -0.3 is 25.4 Å². The molecule has 5 N–H and O–H groups in total. The van der Waals surface area contributed by atoms with Gasteiger partial charge in [-0.2, -0.15) is 9.98 Å². The molecule has 13 heteroatoms. The summed E-state index contributed by atoms with van der Waals surface area (Å²) in [6.45, 7) is 0. The SMILES string of the molecule is OC1=Nc2nc1c(O)c1[nH]c(cc3nc(cc4nnc(n2)n4-c2ccccc2)C=C3)c(O)c1O.[Co]. The number of aliphatic hydroxyl groups is 1. The third kappa shape index (κ3) is 3.64. The molecule has 8 bridgehead atoms. The molecule has 0 saturated heterocycles. The molecule has 2 aliphatic rings. The number of hydrogen-bond donors (Lipinski definition) is 5. The molecule has 0 unspecified atom stereocenters. The first-order chi connectivity index (χ1) is 16.5. The maximum Gasteiger partial charge on any atom is 0.259 e. The average molecular weight is 513 g/mol. The minimum atomic E-state index is -0.638. The van der Waals surface area contributed by atoms with E-state index in [-0.39, 0.29) is 45.2 Å². The van der Waals surface area contributed by atoms with Gasteiger partial charge in [0.25, 0.3) is 11.7 Å². The third-order valence-corrected chi connectivity index (χ3v) is 5.20. The molecule has 5 heterocycles. The largest absolute Gasteiger partial charge is 0.504 e. The number of aliphatic hydroxyl groups excluding tert-OH is 1. The molecule has 0 atom stereocenters. The van der Waals surface area contributed by atoms with Crippen molar-refractivity contribution in [1.82, 2.24) is 34.7 Å². The zero-order chi connectivity index (χ0) is 23.4. The smallest absolute Gasteiger partial charge is 0.259 e. The minimum absolute atomic E-state index is 0. The Morgan fingerprint density at radius 3 is 2.29 bits per heavy atom. The van der Waals surface area contributed by atoms with E-state index in [4.69, 9.17) is 0 Å². The van der Waals surface area contributed by atoms with E-state index < -0.39 is 23.1 Å². The molecule has 4 aromatic rings. The molecular formula is C22H14CoN8O4. The van der Waals surface area contributed by atoms with Gasteiger partial charge in [-0.05, 0) is 30.4 Å². The molecule has 35 heavy (non-hydrogen) atoms. The summed E-state index contributed by atoms with van der Waals surface area (Å²) in [4.78, 5) is 19.4. The zero-order valence-electron chi connectivity index (χ0n) is 17.4. The van der Waals surface area contributed by atoms with E-state index in [0.717, 1.165) is 5.69 Å². The fourth-order valence-corrected chi connectivity index (χ4v) is 3.63. The van der Waals surface area contributed by atoms with Crippen LogP contribution in [-0.4, -0.2) is 61.0 Å². The minimum Gasteiger partial charge on any atom is -0.504 e. The fraction of sp³-hybridized carbons (Fsp3) is 0. The molecule has 0 aliphatic carbocycles. The van der Waals surface area contributed by atoms with Crippen LogP contribution in [0, 0.1) is 0 Å². The number of benzene rings is 1. The summed E-state index contributed by atoms with van der Waals surface area (Å²) in [5.74, 6) is -2.46. The Kier molecular flexibility index (Phi) is 5.19. The molecule has 1 radical (unpaired) electrons. The van der Waals surface area contributed by atoms with E-state index in [1.165, 1.54) is 6.07 Å². The molecule has 12 nitrogen and oxygen atoms in total. The van der Waals surface area contributed by atoms with Crippen molar-refractivity contribution in [3.63, 3.8) is 0 Å². The maximum atomic E-state index is 10.7. The summed E-state index contributed by atoms with van der Waals surface area (Å²) in [5.41, 5.74) is 1.66. The maximum absolute atomic E-state index is 10.7. The molecule has 0 amide bonds. The average Bonchev–Trinajstić information content (AvgIpc) is 3.59. The summed E-state index contributed by atoms with van der Waals surface area (Å²) in [6, 6.07) is 12.4. The van der Waals surface area contributed by atoms with Crippen LogP contribution >= 0.6 is 0 Å². The molecule has 0 fully saturated rings. The van der Waals surface area contributed by atoms with Gasteiger partial charge >= 0.3 is 0 Å². The number of para-hydroxylation sites is 1. The second-order valence-electron chi connectivity index (χ2n) is 7.38. The van der Waals surface area contributed by atoms with Gasteiger partial charge in [-0.15, -0.1) is 10.2 Å². The summed E-state index contributed by atoms with van der Waals surface area (Å²) in [7, 11) is 0. The predicted molar refractivity (Wildman–Crippen MR) is 122 cm³/mol. The van der Waals surface area contributed by atoms with Crippen LogP contribution in [0.15, 0.2) is 47.5 Å².